The Morgan fingerprint density at radius 2 is 2.00 bits per heavy atom. The van der Waals surface area contributed by atoms with Crippen LogP contribution in [0.15, 0.2) is 35.4 Å². The highest BCUT2D eigenvalue weighted by atomic mass is 35.5. The van der Waals surface area contributed by atoms with Gasteiger partial charge in [-0.15, -0.1) is 0 Å². The molecular formula is C11H9ClN4O2S. The molecule has 0 bridgehead atoms. The van der Waals surface area contributed by atoms with Crippen LogP contribution in [-0.4, -0.2) is 18.2 Å². The number of aromatic nitrogens is 2. The molecule has 0 amide bonds. The maximum atomic E-state index is 12.1. The fraction of sp³-hybridized carbons (Fsp3) is 0.0909. The van der Waals surface area contributed by atoms with E-state index in [9.17, 15) is 8.42 Å². The molecule has 0 aliphatic heterocycles. The van der Waals surface area contributed by atoms with Gasteiger partial charge in [0.2, 0.25) is 0 Å². The first-order valence-electron chi connectivity index (χ1n) is 5.14. The third kappa shape index (κ3) is 2.86. The minimum atomic E-state index is -3.78. The van der Waals surface area contributed by atoms with Crippen LogP contribution in [0.1, 0.15) is 5.56 Å². The minimum Gasteiger partial charge on any atom is -0.272 e. The summed E-state index contributed by atoms with van der Waals surface area (Å²) < 4.78 is 27.8. The summed E-state index contributed by atoms with van der Waals surface area (Å²) in [5.41, 5.74) is 0.153. The van der Waals surface area contributed by atoms with E-state index in [1.165, 1.54) is 35.1 Å². The maximum absolute atomic E-state index is 12.1. The fourth-order valence-electron chi connectivity index (χ4n) is 1.45. The van der Waals surface area contributed by atoms with Crippen molar-refractivity contribution in [1.29, 1.82) is 5.26 Å². The summed E-state index contributed by atoms with van der Waals surface area (Å²) in [6.07, 6.45) is 1.43. The minimum absolute atomic E-state index is 0.0000463. The lowest BCUT2D eigenvalue weighted by Crippen LogP contribution is -2.14. The number of benzene rings is 1. The summed E-state index contributed by atoms with van der Waals surface area (Å²) in [5, 5.41) is 13.2. The largest absolute Gasteiger partial charge is 0.272 e. The van der Waals surface area contributed by atoms with Crippen molar-refractivity contribution in [3.8, 4) is 6.07 Å². The first-order chi connectivity index (χ1) is 8.92. The topological polar surface area (TPSA) is 87.8 Å². The fourth-order valence-corrected chi connectivity index (χ4v) is 2.59. The zero-order valence-corrected chi connectivity index (χ0v) is 11.4. The van der Waals surface area contributed by atoms with Gasteiger partial charge in [0.05, 0.1) is 4.90 Å². The molecule has 8 heteroatoms. The van der Waals surface area contributed by atoms with E-state index in [0.717, 1.165) is 0 Å². The summed E-state index contributed by atoms with van der Waals surface area (Å²) in [6, 6.07) is 7.56. The highest BCUT2D eigenvalue weighted by molar-refractivity contribution is 7.92. The SMILES string of the molecule is Cn1cc(C#N)c(NS(=O)(=O)c2ccc(Cl)cc2)n1. The molecule has 1 heterocycles. The predicted molar refractivity (Wildman–Crippen MR) is 70.2 cm³/mol. The second-order valence-electron chi connectivity index (χ2n) is 3.74. The molecule has 98 valence electrons. The molecule has 0 saturated carbocycles. The van der Waals surface area contributed by atoms with Crippen molar-refractivity contribution in [2.75, 3.05) is 4.72 Å². The molecule has 0 unspecified atom stereocenters. The van der Waals surface area contributed by atoms with Crippen LogP contribution in [0.2, 0.25) is 5.02 Å². The highest BCUT2D eigenvalue weighted by Gasteiger charge is 2.18. The van der Waals surface area contributed by atoms with Crippen molar-refractivity contribution in [3.63, 3.8) is 0 Å². The van der Waals surface area contributed by atoms with Crippen molar-refractivity contribution in [1.82, 2.24) is 9.78 Å². The van der Waals surface area contributed by atoms with Crippen LogP contribution < -0.4 is 4.72 Å². The van der Waals surface area contributed by atoms with Crippen molar-refractivity contribution >= 4 is 27.4 Å². The Morgan fingerprint density at radius 3 is 2.58 bits per heavy atom. The number of hydrogen-bond donors (Lipinski definition) is 1. The Morgan fingerprint density at radius 1 is 1.37 bits per heavy atom. The molecule has 19 heavy (non-hydrogen) atoms. The van der Waals surface area contributed by atoms with Crippen LogP contribution in [0.5, 0.6) is 0 Å². The van der Waals surface area contributed by atoms with Gasteiger partial charge in [0.15, 0.2) is 5.82 Å². The number of aryl methyl sites for hydroxylation is 1. The number of hydrogen-bond acceptors (Lipinski definition) is 4. The monoisotopic (exact) mass is 296 g/mol. The Hall–Kier alpha value is -2.04. The highest BCUT2D eigenvalue weighted by Crippen LogP contribution is 2.19. The average molecular weight is 297 g/mol. The first kappa shape index (κ1) is 13.4. The van der Waals surface area contributed by atoms with Crippen molar-refractivity contribution < 1.29 is 8.42 Å². The van der Waals surface area contributed by atoms with E-state index in [-0.39, 0.29) is 16.3 Å². The molecule has 2 aromatic rings. The van der Waals surface area contributed by atoms with E-state index in [2.05, 4.69) is 9.82 Å². The van der Waals surface area contributed by atoms with Crippen molar-refractivity contribution in [2.24, 2.45) is 7.05 Å². The standard InChI is InChI=1S/C11H9ClN4O2S/c1-16-7-8(6-13)11(14-16)15-19(17,18)10-4-2-9(12)3-5-10/h2-5,7H,1H3,(H,14,15). The van der Waals surface area contributed by atoms with Crippen LogP contribution in [0, 0.1) is 11.3 Å². The Labute approximate surface area is 115 Å². The lowest BCUT2D eigenvalue weighted by Gasteiger charge is -2.05. The summed E-state index contributed by atoms with van der Waals surface area (Å²) in [7, 11) is -2.19. The molecule has 0 atom stereocenters. The van der Waals surface area contributed by atoms with Gasteiger partial charge in [-0.05, 0) is 24.3 Å². The zero-order valence-electron chi connectivity index (χ0n) is 9.83. The van der Waals surface area contributed by atoms with E-state index < -0.39 is 10.0 Å². The Balaban J connectivity index is 2.36. The first-order valence-corrected chi connectivity index (χ1v) is 7.00. The number of nitrogens with one attached hydrogen (secondary N) is 1. The maximum Gasteiger partial charge on any atom is 0.263 e. The number of sulfonamides is 1. The van der Waals surface area contributed by atoms with Gasteiger partial charge in [-0.3, -0.25) is 9.40 Å². The van der Waals surface area contributed by atoms with Crippen molar-refractivity contribution in [2.45, 2.75) is 4.90 Å². The molecule has 0 spiro atoms. The van der Waals surface area contributed by atoms with E-state index >= 15 is 0 Å². The third-order valence-corrected chi connectivity index (χ3v) is 3.91. The molecule has 0 aliphatic rings. The number of nitriles is 1. The smallest absolute Gasteiger partial charge is 0.263 e. The average Bonchev–Trinajstić information content (AvgIpc) is 2.69. The molecule has 1 N–H and O–H groups in total. The number of rotatable bonds is 3. The molecule has 0 radical (unpaired) electrons. The molecule has 1 aromatic heterocycles. The van der Waals surface area contributed by atoms with Crippen LogP contribution in [0.3, 0.4) is 0 Å². The molecule has 0 aliphatic carbocycles. The summed E-state index contributed by atoms with van der Waals surface area (Å²) in [5.74, 6) is -0.0000463. The second-order valence-corrected chi connectivity index (χ2v) is 5.86. The number of nitrogens with zero attached hydrogens (tertiary/aromatic N) is 3. The number of anilines is 1. The van der Waals surface area contributed by atoms with Gasteiger partial charge in [-0.25, -0.2) is 8.42 Å². The third-order valence-electron chi connectivity index (χ3n) is 2.30. The molecular weight excluding hydrogens is 288 g/mol. The zero-order chi connectivity index (χ0) is 14.0. The molecule has 1 aromatic carbocycles. The lowest BCUT2D eigenvalue weighted by molar-refractivity contribution is 0.601. The normalized spacial score (nSPS) is 11.0. The van der Waals surface area contributed by atoms with Crippen LogP contribution in [-0.2, 0) is 17.1 Å². The van der Waals surface area contributed by atoms with Gasteiger partial charge in [0, 0.05) is 18.3 Å². The predicted octanol–water partition coefficient (Wildman–Crippen LogP) is 1.75. The van der Waals surface area contributed by atoms with Gasteiger partial charge in [0.25, 0.3) is 10.0 Å². The van der Waals surface area contributed by atoms with Gasteiger partial charge in [-0.2, -0.15) is 10.4 Å². The summed E-state index contributed by atoms with van der Waals surface area (Å²) >= 11 is 5.70. The second kappa shape index (κ2) is 4.91. The summed E-state index contributed by atoms with van der Waals surface area (Å²) in [6.45, 7) is 0. The summed E-state index contributed by atoms with van der Waals surface area (Å²) in [4.78, 5) is 0.0476. The molecule has 6 nitrogen and oxygen atoms in total. The molecule has 0 fully saturated rings. The molecule has 0 saturated heterocycles. The van der Waals surface area contributed by atoms with Crippen LogP contribution >= 0.6 is 11.6 Å². The molecule has 2 rings (SSSR count). The quantitative estimate of drug-likeness (QED) is 0.934. The van der Waals surface area contributed by atoms with Crippen molar-refractivity contribution in [3.05, 3.63) is 41.0 Å². The Kier molecular flexibility index (Phi) is 3.46. The van der Waals surface area contributed by atoms with E-state index in [0.29, 0.717) is 5.02 Å². The van der Waals surface area contributed by atoms with Gasteiger partial charge in [-0.1, -0.05) is 11.6 Å². The van der Waals surface area contributed by atoms with Crippen LogP contribution in [0.25, 0.3) is 0 Å². The lowest BCUT2D eigenvalue weighted by atomic mass is 10.4. The van der Waals surface area contributed by atoms with E-state index in [1.54, 1.807) is 7.05 Å². The van der Waals surface area contributed by atoms with Crippen LogP contribution in [0.4, 0.5) is 5.82 Å². The Bertz CT molecular complexity index is 744. The van der Waals surface area contributed by atoms with E-state index in [1.807, 2.05) is 6.07 Å². The van der Waals surface area contributed by atoms with Gasteiger partial charge < -0.3 is 0 Å². The van der Waals surface area contributed by atoms with E-state index in [4.69, 9.17) is 16.9 Å². The van der Waals surface area contributed by atoms with Gasteiger partial charge >= 0.3 is 0 Å². The van der Waals surface area contributed by atoms with Gasteiger partial charge in [0.1, 0.15) is 11.6 Å². The number of halogens is 1.